The number of benzene rings is 2. The van der Waals surface area contributed by atoms with E-state index in [-0.39, 0.29) is 11.8 Å². The van der Waals surface area contributed by atoms with E-state index >= 15 is 0 Å². The number of anilines is 2. The van der Waals surface area contributed by atoms with E-state index in [1.807, 2.05) is 18.4 Å². The van der Waals surface area contributed by atoms with Gasteiger partial charge in [0.1, 0.15) is 22.8 Å². The summed E-state index contributed by atoms with van der Waals surface area (Å²) < 4.78 is 18.6. The summed E-state index contributed by atoms with van der Waals surface area (Å²) in [4.78, 5) is 21.8. The fourth-order valence-electron chi connectivity index (χ4n) is 3.06. The molecule has 0 radical (unpaired) electrons. The molecule has 0 saturated carbocycles. The zero-order chi connectivity index (χ0) is 20.9. The zero-order valence-electron chi connectivity index (χ0n) is 16.4. The Labute approximate surface area is 177 Å². The monoisotopic (exact) mass is 421 g/mol. The second kappa shape index (κ2) is 9.00. The molecule has 7 heteroatoms. The fourth-order valence-corrected chi connectivity index (χ4v) is 3.98. The highest BCUT2D eigenvalue weighted by Crippen LogP contribution is 2.37. The summed E-state index contributed by atoms with van der Waals surface area (Å²) >= 11 is 1.50. The molecule has 1 N–H and O–H groups in total. The van der Waals surface area contributed by atoms with Crippen molar-refractivity contribution in [3.8, 4) is 11.1 Å². The molecule has 2 heterocycles. The smallest absolute Gasteiger partial charge is 0.338 e. The number of ether oxygens (including phenoxy) is 1. The number of carbonyl (C=O) groups excluding carboxylic acids is 1. The third kappa shape index (κ3) is 4.31. The summed E-state index contributed by atoms with van der Waals surface area (Å²) in [6.45, 7) is 2.46. The summed E-state index contributed by atoms with van der Waals surface area (Å²) in [5.41, 5.74) is 3.00. The van der Waals surface area contributed by atoms with Gasteiger partial charge in [-0.05, 0) is 42.3 Å². The van der Waals surface area contributed by atoms with Gasteiger partial charge in [0, 0.05) is 16.6 Å². The van der Waals surface area contributed by atoms with E-state index in [0.29, 0.717) is 18.0 Å². The molecule has 5 nitrogen and oxygen atoms in total. The number of aromatic nitrogens is 2. The van der Waals surface area contributed by atoms with Gasteiger partial charge >= 0.3 is 5.97 Å². The van der Waals surface area contributed by atoms with Crippen LogP contribution in [0.25, 0.3) is 21.3 Å². The lowest BCUT2D eigenvalue weighted by Crippen LogP contribution is -2.06. The highest BCUT2D eigenvalue weighted by atomic mass is 32.1. The average Bonchev–Trinajstić information content (AvgIpc) is 3.20. The number of esters is 1. The van der Waals surface area contributed by atoms with E-state index in [2.05, 4.69) is 15.3 Å². The number of thiophene rings is 1. The Morgan fingerprint density at radius 3 is 2.80 bits per heavy atom. The first-order valence-corrected chi connectivity index (χ1v) is 10.6. The normalized spacial score (nSPS) is 10.9. The van der Waals surface area contributed by atoms with Gasteiger partial charge in [0.2, 0.25) is 0 Å². The molecule has 0 aliphatic rings. The molecule has 0 amide bonds. The first-order chi connectivity index (χ1) is 14.7. The Morgan fingerprint density at radius 1 is 1.17 bits per heavy atom. The Morgan fingerprint density at radius 2 is 2.00 bits per heavy atom. The summed E-state index contributed by atoms with van der Waals surface area (Å²) in [5, 5.41) is 6.13. The summed E-state index contributed by atoms with van der Waals surface area (Å²) in [5.74, 6) is -0.00457. The van der Waals surface area contributed by atoms with E-state index in [9.17, 15) is 9.18 Å². The predicted octanol–water partition coefficient (Wildman–Crippen LogP) is 6.20. The van der Waals surface area contributed by atoms with Gasteiger partial charge in [0.15, 0.2) is 0 Å². The predicted molar refractivity (Wildman–Crippen MR) is 118 cm³/mol. The van der Waals surface area contributed by atoms with Gasteiger partial charge in [-0.3, -0.25) is 0 Å². The van der Waals surface area contributed by atoms with Crippen molar-refractivity contribution in [1.29, 1.82) is 0 Å². The standard InChI is InChI=1S/C23H20FN3O2S/c1-2-3-11-29-23(28)16-5-4-6-18(12-16)27-21-20-19(13-30-22(20)26-14-25-21)15-7-9-17(24)10-8-15/h4-10,12-14H,2-3,11H2,1H3,(H,25,26,27). The van der Waals surface area contributed by atoms with E-state index < -0.39 is 0 Å². The number of carbonyl (C=O) groups is 1. The summed E-state index contributed by atoms with van der Waals surface area (Å²) in [7, 11) is 0. The molecule has 4 aromatic rings. The van der Waals surface area contributed by atoms with Gasteiger partial charge in [-0.25, -0.2) is 19.2 Å². The Bertz CT molecular complexity index is 1170. The maximum absolute atomic E-state index is 13.3. The molecule has 0 aliphatic heterocycles. The topological polar surface area (TPSA) is 64.1 Å². The van der Waals surface area contributed by atoms with Gasteiger partial charge in [-0.2, -0.15) is 0 Å². The zero-order valence-corrected chi connectivity index (χ0v) is 17.2. The molecule has 152 valence electrons. The molecule has 4 rings (SSSR count). The fraction of sp³-hybridized carbons (Fsp3) is 0.174. The summed E-state index contributed by atoms with van der Waals surface area (Å²) in [6, 6.07) is 13.5. The lowest BCUT2D eigenvalue weighted by molar-refractivity contribution is 0.0500. The Balaban J connectivity index is 1.65. The van der Waals surface area contributed by atoms with Gasteiger partial charge in [0.25, 0.3) is 0 Å². The Hall–Kier alpha value is -3.32. The highest BCUT2D eigenvalue weighted by Gasteiger charge is 2.14. The minimum atomic E-state index is -0.345. The van der Waals surface area contributed by atoms with Crippen LogP contribution in [0.5, 0.6) is 0 Å². The van der Waals surface area contributed by atoms with Crippen molar-refractivity contribution in [3.05, 3.63) is 71.6 Å². The van der Waals surface area contributed by atoms with Gasteiger partial charge in [0.05, 0.1) is 17.6 Å². The van der Waals surface area contributed by atoms with Crippen LogP contribution in [0.2, 0.25) is 0 Å². The van der Waals surface area contributed by atoms with Crippen LogP contribution in [0.15, 0.2) is 60.2 Å². The van der Waals surface area contributed by atoms with Crippen molar-refractivity contribution in [2.45, 2.75) is 19.8 Å². The number of nitrogens with zero attached hydrogens (tertiary/aromatic N) is 2. The molecular formula is C23H20FN3O2S. The van der Waals surface area contributed by atoms with Crippen LogP contribution in [0.4, 0.5) is 15.9 Å². The second-order valence-corrected chi connectivity index (χ2v) is 7.61. The van der Waals surface area contributed by atoms with E-state index in [1.165, 1.54) is 29.8 Å². The minimum Gasteiger partial charge on any atom is -0.462 e. The van der Waals surface area contributed by atoms with Gasteiger partial charge in [-0.15, -0.1) is 11.3 Å². The molecule has 30 heavy (non-hydrogen) atoms. The lowest BCUT2D eigenvalue weighted by atomic mass is 10.1. The summed E-state index contributed by atoms with van der Waals surface area (Å²) in [6.07, 6.45) is 3.31. The van der Waals surface area contributed by atoms with Crippen molar-refractivity contribution >= 4 is 39.0 Å². The van der Waals surface area contributed by atoms with Crippen LogP contribution in [-0.4, -0.2) is 22.5 Å². The van der Waals surface area contributed by atoms with Crippen molar-refractivity contribution < 1.29 is 13.9 Å². The minimum absolute atomic E-state index is 0.282. The number of rotatable bonds is 7. The van der Waals surface area contributed by atoms with Crippen LogP contribution < -0.4 is 5.32 Å². The molecular weight excluding hydrogens is 401 g/mol. The molecule has 0 atom stereocenters. The van der Waals surface area contributed by atoms with Crippen molar-refractivity contribution in [2.24, 2.45) is 0 Å². The largest absolute Gasteiger partial charge is 0.462 e. The van der Waals surface area contributed by atoms with Crippen LogP contribution in [0.1, 0.15) is 30.1 Å². The number of halogens is 1. The molecule has 0 saturated heterocycles. The third-order valence-corrected chi connectivity index (χ3v) is 5.50. The van der Waals surface area contributed by atoms with Crippen LogP contribution >= 0.6 is 11.3 Å². The van der Waals surface area contributed by atoms with Crippen molar-refractivity contribution in [1.82, 2.24) is 9.97 Å². The molecule has 0 bridgehead atoms. The SMILES string of the molecule is CCCCOC(=O)c1cccc(Nc2ncnc3scc(-c4ccc(F)cc4)c23)c1. The number of hydrogen-bond donors (Lipinski definition) is 1. The second-order valence-electron chi connectivity index (χ2n) is 6.75. The average molecular weight is 421 g/mol. The molecule has 2 aromatic carbocycles. The van der Waals surface area contributed by atoms with Crippen LogP contribution in [-0.2, 0) is 4.74 Å². The molecule has 0 fully saturated rings. The maximum Gasteiger partial charge on any atom is 0.338 e. The van der Waals surface area contributed by atoms with Gasteiger partial charge in [-0.1, -0.05) is 31.5 Å². The lowest BCUT2D eigenvalue weighted by Gasteiger charge is -2.10. The van der Waals surface area contributed by atoms with Crippen LogP contribution in [0, 0.1) is 5.82 Å². The molecule has 0 spiro atoms. The quantitative estimate of drug-likeness (QED) is 0.284. The third-order valence-electron chi connectivity index (χ3n) is 4.62. The van der Waals surface area contributed by atoms with Crippen molar-refractivity contribution in [2.75, 3.05) is 11.9 Å². The van der Waals surface area contributed by atoms with Gasteiger partial charge < -0.3 is 10.1 Å². The van der Waals surface area contributed by atoms with E-state index in [1.54, 1.807) is 30.3 Å². The molecule has 2 aromatic heterocycles. The van der Waals surface area contributed by atoms with Crippen molar-refractivity contribution in [3.63, 3.8) is 0 Å². The number of hydrogen-bond acceptors (Lipinski definition) is 6. The van der Waals surface area contributed by atoms with E-state index in [4.69, 9.17) is 4.74 Å². The number of fused-ring (bicyclic) bond motifs is 1. The number of unbranched alkanes of at least 4 members (excludes halogenated alkanes) is 1. The Kier molecular flexibility index (Phi) is 5.99. The number of nitrogens with one attached hydrogen (secondary N) is 1. The molecule has 0 unspecified atom stereocenters. The highest BCUT2D eigenvalue weighted by molar-refractivity contribution is 7.17. The maximum atomic E-state index is 13.3. The molecule has 0 aliphatic carbocycles. The first kappa shape index (κ1) is 20.0. The van der Waals surface area contributed by atoms with E-state index in [0.717, 1.165) is 39.9 Å². The van der Waals surface area contributed by atoms with Crippen LogP contribution in [0.3, 0.4) is 0 Å². The first-order valence-electron chi connectivity index (χ1n) is 9.68.